The van der Waals surface area contributed by atoms with Gasteiger partial charge in [-0.05, 0) is 42.2 Å². The molecule has 1 aromatic rings. The molecule has 3 nitrogen and oxygen atoms in total. The summed E-state index contributed by atoms with van der Waals surface area (Å²) in [7, 11) is 0. The molecule has 1 aliphatic rings. The second kappa shape index (κ2) is 4.37. The Bertz CT molecular complexity index is 396. The van der Waals surface area contributed by atoms with Gasteiger partial charge in [0.2, 0.25) is 0 Å². The van der Waals surface area contributed by atoms with Gasteiger partial charge in [0.15, 0.2) is 0 Å². The molecule has 16 heavy (non-hydrogen) atoms. The third-order valence-corrected chi connectivity index (χ3v) is 3.98. The van der Waals surface area contributed by atoms with E-state index in [0.29, 0.717) is 19.4 Å². The molecule has 0 saturated carbocycles. The maximum absolute atomic E-state index is 11.7. The lowest BCUT2D eigenvalue weighted by atomic mass is 9.78. The van der Waals surface area contributed by atoms with Gasteiger partial charge in [-0.2, -0.15) is 11.3 Å². The smallest absolute Gasteiger partial charge is 0.319 e. The molecule has 1 aromatic heterocycles. The predicted molar refractivity (Wildman–Crippen MR) is 61.3 cm³/mol. The highest BCUT2D eigenvalue weighted by Crippen LogP contribution is 2.36. The Morgan fingerprint density at radius 2 is 2.44 bits per heavy atom. The van der Waals surface area contributed by atoms with Gasteiger partial charge in [0.25, 0.3) is 0 Å². The van der Waals surface area contributed by atoms with Crippen LogP contribution in [-0.4, -0.2) is 18.4 Å². The van der Waals surface area contributed by atoms with Crippen LogP contribution in [0, 0.1) is 5.41 Å². The second-order valence-corrected chi connectivity index (χ2v) is 4.94. The number of ketones is 1. The number of esters is 1. The Morgan fingerprint density at radius 3 is 2.94 bits per heavy atom. The predicted octanol–water partition coefficient (Wildman–Crippen LogP) is 2.20. The largest absolute Gasteiger partial charge is 0.465 e. The first-order valence-electron chi connectivity index (χ1n) is 5.34. The standard InChI is InChI=1S/C12H14O3S/c1-9(13)12(5-6-15-11(12)14)4-2-10-3-7-16-8-10/h3,7-8H,2,4-6H2,1H3. The van der Waals surface area contributed by atoms with Gasteiger partial charge >= 0.3 is 5.97 Å². The number of hydrogen-bond donors (Lipinski definition) is 0. The van der Waals surface area contributed by atoms with Gasteiger partial charge in [-0.15, -0.1) is 0 Å². The van der Waals surface area contributed by atoms with E-state index < -0.39 is 5.41 Å². The molecule has 0 aromatic carbocycles. The van der Waals surface area contributed by atoms with Gasteiger partial charge in [-0.25, -0.2) is 0 Å². The number of Topliss-reactive ketones (excluding diaryl/α,β-unsaturated/α-hetero) is 1. The van der Waals surface area contributed by atoms with E-state index in [-0.39, 0.29) is 11.8 Å². The van der Waals surface area contributed by atoms with Gasteiger partial charge in [-0.1, -0.05) is 0 Å². The van der Waals surface area contributed by atoms with Crippen LogP contribution in [0.4, 0.5) is 0 Å². The average Bonchev–Trinajstić information content (AvgIpc) is 2.85. The van der Waals surface area contributed by atoms with E-state index in [1.54, 1.807) is 11.3 Å². The fourth-order valence-electron chi connectivity index (χ4n) is 2.07. The quantitative estimate of drug-likeness (QED) is 0.596. The molecule has 1 unspecified atom stereocenters. The monoisotopic (exact) mass is 238 g/mol. The normalized spacial score (nSPS) is 24.4. The van der Waals surface area contributed by atoms with Crippen molar-refractivity contribution < 1.29 is 14.3 Å². The topological polar surface area (TPSA) is 43.4 Å². The van der Waals surface area contributed by atoms with Crippen molar-refractivity contribution in [2.24, 2.45) is 5.41 Å². The number of carbonyl (C=O) groups is 2. The molecule has 0 spiro atoms. The van der Waals surface area contributed by atoms with E-state index in [2.05, 4.69) is 0 Å². The van der Waals surface area contributed by atoms with Gasteiger partial charge in [0.05, 0.1) is 6.61 Å². The van der Waals surface area contributed by atoms with Crippen LogP contribution < -0.4 is 0 Å². The minimum atomic E-state index is -0.873. The highest BCUT2D eigenvalue weighted by atomic mass is 32.1. The molecular formula is C12H14O3S. The minimum absolute atomic E-state index is 0.0646. The molecule has 0 aliphatic carbocycles. The molecule has 4 heteroatoms. The van der Waals surface area contributed by atoms with Crippen LogP contribution in [0.2, 0.25) is 0 Å². The summed E-state index contributed by atoms with van der Waals surface area (Å²) in [5, 5.41) is 4.05. The number of hydrogen-bond acceptors (Lipinski definition) is 4. The summed E-state index contributed by atoms with van der Waals surface area (Å²) in [5.74, 6) is -0.402. The molecule has 0 bridgehead atoms. The molecular weight excluding hydrogens is 224 g/mol. The van der Waals surface area contributed by atoms with E-state index in [4.69, 9.17) is 4.74 Å². The van der Waals surface area contributed by atoms with Crippen molar-refractivity contribution in [3.63, 3.8) is 0 Å². The average molecular weight is 238 g/mol. The summed E-state index contributed by atoms with van der Waals surface area (Å²) in [6, 6.07) is 2.03. The van der Waals surface area contributed by atoms with Crippen molar-refractivity contribution in [1.82, 2.24) is 0 Å². The van der Waals surface area contributed by atoms with Crippen LogP contribution in [-0.2, 0) is 20.7 Å². The van der Waals surface area contributed by atoms with Crippen molar-refractivity contribution in [3.05, 3.63) is 22.4 Å². The van der Waals surface area contributed by atoms with Gasteiger partial charge in [0.1, 0.15) is 11.2 Å². The number of thiophene rings is 1. The first kappa shape index (κ1) is 11.3. The lowest BCUT2D eigenvalue weighted by molar-refractivity contribution is -0.151. The summed E-state index contributed by atoms with van der Waals surface area (Å²) >= 11 is 1.63. The van der Waals surface area contributed by atoms with E-state index in [0.717, 1.165) is 6.42 Å². The molecule has 1 fully saturated rings. The van der Waals surface area contributed by atoms with E-state index in [9.17, 15) is 9.59 Å². The Labute approximate surface area is 98.4 Å². The maximum Gasteiger partial charge on any atom is 0.319 e. The van der Waals surface area contributed by atoms with Gasteiger partial charge in [0, 0.05) is 6.42 Å². The molecule has 1 saturated heterocycles. The molecule has 86 valence electrons. The fourth-order valence-corrected chi connectivity index (χ4v) is 2.78. The summed E-state index contributed by atoms with van der Waals surface area (Å²) in [6.07, 6.45) is 1.86. The van der Waals surface area contributed by atoms with Crippen LogP contribution in [0.5, 0.6) is 0 Å². The molecule has 2 heterocycles. The van der Waals surface area contributed by atoms with E-state index in [1.807, 2.05) is 16.8 Å². The Balaban J connectivity index is 2.09. The molecule has 0 amide bonds. The molecule has 2 rings (SSSR count). The van der Waals surface area contributed by atoms with Crippen LogP contribution in [0.3, 0.4) is 0 Å². The fraction of sp³-hybridized carbons (Fsp3) is 0.500. The number of ether oxygens (including phenoxy) is 1. The molecule has 1 aliphatic heterocycles. The van der Waals surface area contributed by atoms with Gasteiger partial charge in [-0.3, -0.25) is 9.59 Å². The maximum atomic E-state index is 11.7. The Morgan fingerprint density at radius 1 is 1.62 bits per heavy atom. The zero-order valence-electron chi connectivity index (χ0n) is 9.19. The van der Waals surface area contributed by atoms with E-state index >= 15 is 0 Å². The summed E-state index contributed by atoms with van der Waals surface area (Å²) < 4.78 is 4.94. The van der Waals surface area contributed by atoms with Crippen molar-refractivity contribution in [1.29, 1.82) is 0 Å². The second-order valence-electron chi connectivity index (χ2n) is 4.16. The Kier molecular flexibility index (Phi) is 3.10. The van der Waals surface area contributed by atoms with Crippen LogP contribution in [0.25, 0.3) is 0 Å². The summed E-state index contributed by atoms with van der Waals surface area (Å²) in [5.41, 5.74) is 0.312. The van der Waals surface area contributed by atoms with E-state index in [1.165, 1.54) is 12.5 Å². The third kappa shape index (κ3) is 1.89. The number of aryl methyl sites for hydroxylation is 1. The van der Waals surface area contributed by atoms with Gasteiger partial charge < -0.3 is 4.74 Å². The van der Waals surface area contributed by atoms with Crippen molar-refractivity contribution >= 4 is 23.1 Å². The zero-order valence-corrected chi connectivity index (χ0v) is 10.0. The third-order valence-electron chi connectivity index (χ3n) is 3.25. The van der Waals surface area contributed by atoms with Crippen LogP contribution in [0.15, 0.2) is 16.8 Å². The van der Waals surface area contributed by atoms with Crippen molar-refractivity contribution in [2.75, 3.05) is 6.61 Å². The first-order chi connectivity index (χ1) is 7.65. The molecule has 1 atom stereocenters. The number of carbonyl (C=O) groups excluding carboxylic acids is 2. The number of cyclic esters (lactones) is 1. The van der Waals surface area contributed by atoms with Crippen LogP contribution in [0.1, 0.15) is 25.3 Å². The summed E-state index contributed by atoms with van der Waals surface area (Å²) in [4.78, 5) is 23.3. The van der Waals surface area contributed by atoms with Crippen molar-refractivity contribution in [3.8, 4) is 0 Å². The highest BCUT2D eigenvalue weighted by molar-refractivity contribution is 7.07. The molecule has 0 radical (unpaired) electrons. The summed E-state index contributed by atoms with van der Waals surface area (Å²) in [6.45, 7) is 1.86. The lowest BCUT2D eigenvalue weighted by Gasteiger charge is -2.20. The zero-order chi connectivity index (χ0) is 11.6. The SMILES string of the molecule is CC(=O)C1(CCc2ccsc2)CCOC1=O. The lowest BCUT2D eigenvalue weighted by Crippen LogP contribution is -2.34. The molecule has 0 N–H and O–H groups in total. The highest BCUT2D eigenvalue weighted by Gasteiger charge is 2.48. The first-order valence-corrected chi connectivity index (χ1v) is 6.29. The number of rotatable bonds is 4. The Hall–Kier alpha value is -1.16. The minimum Gasteiger partial charge on any atom is -0.465 e. The van der Waals surface area contributed by atoms with Crippen molar-refractivity contribution in [2.45, 2.75) is 26.2 Å². The van der Waals surface area contributed by atoms with Crippen LogP contribution >= 0.6 is 11.3 Å².